The van der Waals surface area contributed by atoms with Gasteiger partial charge in [-0.2, -0.15) is 23.5 Å². The van der Waals surface area contributed by atoms with Crippen LogP contribution in [0.3, 0.4) is 0 Å². The number of aromatic nitrogens is 3. The summed E-state index contributed by atoms with van der Waals surface area (Å²) in [6.07, 6.45) is 17.4. The van der Waals surface area contributed by atoms with Gasteiger partial charge in [-0.25, -0.2) is 52.3 Å². The number of H-pyrrole nitrogens is 1. The van der Waals surface area contributed by atoms with E-state index in [4.69, 9.17) is 28.4 Å². The Balaban J connectivity index is 2.17. The molecule has 0 aliphatic carbocycles. The Bertz CT molecular complexity index is 1830. The maximum atomic E-state index is 13.0. The minimum Gasteiger partial charge on any atom is -0.460 e. The molecule has 0 radical (unpaired) electrons. The summed E-state index contributed by atoms with van der Waals surface area (Å²) < 4.78 is 32.9. The van der Waals surface area contributed by atoms with Crippen molar-refractivity contribution < 1.29 is 57.2 Å². The average molecular weight is 1040 g/mol. The van der Waals surface area contributed by atoms with Crippen molar-refractivity contribution in [1.82, 2.24) is 24.8 Å². The molecule has 0 saturated carbocycles. The highest BCUT2D eigenvalue weighted by Gasteiger charge is 2.32. The molecule has 1 aromatic rings. The van der Waals surface area contributed by atoms with Gasteiger partial charge in [0.1, 0.15) is 37.5 Å². The molecular weight excluding hydrogens is 963 g/mol. The Hall–Kier alpha value is -5.51. The summed E-state index contributed by atoms with van der Waals surface area (Å²) in [5.74, 6) is 0.750. The van der Waals surface area contributed by atoms with Crippen LogP contribution in [0.15, 0.2) is 65.0 Å². The number of carbonyl (C=O) groups is 6. The normalized spacial score (nSPS) is 11.1. The Morgan fingerprint density at radius 1 is 0.465 bits per heavy atom. The number of amides is 2. The van der Waals surface area contributed by atoms with E-state index in [1.807, 2.05) is 0 Å². The van der Waals surface area contributed by atoms with Crippen molar-refractivity contribution in [2.45, 2.75) is 141 Å². The Morgan fingerprint density at radius 3 is 1.06 bits per heavy atom. The second-order valence-corrected chi connectivity index (χ2v) is 19.5. The third-order valence-electron chi connectivity index (χ3n) is 10.4. The highest BCUT2D eigenvalue weighted by molar-refractivity contribution is 7.99. The molecule has 0 atom stereocenters. The predicted octanol–water partition coefficient (Wildman–Crippen LogP) is 6.29. The van der Waals surface area contributed by atoms with Gasteiger partial charge in [-0.1, -0.05) is 90.5 Å². The minimum absolute atomic E-state index is 0.208. The number of hydrogen-bond donors (Lipinski definition) is 3. The van der Waals surface area contributed by atoms with Gasteiger partial charge in [0.2, 0.25) is 0 Å². The Morgan fingerprint density at radius 2 is 0.746 bits per heavy atom. The molecule has 3 N–H and O–H groups in total. The minimum atomic E-state index is -1.21. The smallest absolute Gasteiger partial charge is 0.407 e. The Kier molecular flexibility index (Phi) is 34.2. The van der Waals surface area contributed by atoms with Crippen LogP contribution in [0.5, 0.6) is 0 Å². The van der Waals surface area contributed by atoms with Crippen LogP contribution >= 0.6 is 23.5 Å². The van der Waals surface area contributed by atoms with Gasteiger partial charge < -0.3 is 39.1 Å². The van der Waals surface area contributed by atoms with Crippen LogP contribution in [0.4, 0.5) is 9.59 Å². The molecule has 71 heavy (non-hydrogen) atoms. The maximum absolute atomic E-state index is 13.0. The number of hydrogen-bond acceptors (Lipinski definition) is 17. The zero-order valence-corrected chi connectivity index (χ0v) is 43.4. The molecule has 1 rings (SSSR count). The van der Waals surface area contributed by atoms with Crippen molar-refractivity contribution in [3.8, 4) is 0 Å². The Labute approximate surface area is 425 Å². The van der Waals surface area contributed by atoms with E-state index in [0.29, 0.717) is 25.7 Å². The summed E-state index contributed by atoms with van der Waals surface area (Å²) in [5, 5.41) is 5.19. The summed E-state index contributed by atoms with van der Waals surface area (Å²) >= 11 is 3.54. The third-order valence-corrected chi connectivity index (χ3v) is 12.8. The topological polar surface area (TPSA) is 259 Å². The molecule has 2 amide bonds. The number of carbonyl (C=O) groups excluding carboxylic acids is 6. The van der Waals surface area contributed by atoms with Crippen molar-refractivity contribution in [2.24, 2.45) is 0 Å². The molecule has 0 saturated heterocycles. The number of nitrogens with zero attached hydrogens (tertiary/aromatic N) is 2. The van der Waals surface area contributed by atoms with E-state index in [9.17, 15) is 43.2 Å². The van der Waals surface area contributed by atoms with Gasteiger partial charge in [-0.3, -0.25) is 4.98 Å². The number of aromatic amines is 1. The summed E-state index contributed by atoms with van der Waals surface area (Å²) in [6, 6.07) is 0. The molecule has 0 bridgehead atoms. The van der Waals surface area contributed by atoms with Crippen molar-refractivity contribution in [3.05, 3.63) is 82.1 Å². The van der Waals surface area contributed by atoms with Crippen molar-refractivity contribution in [2.75, 3.05) is 62.7 Å². The number of ether oxygens (including phenoxy) is 6. The van der Waals surface area contributed by atoms with Crippen molar-refractivity contribution in [1.29, 1.82) is 0 Å². The maximum Gasteiger partial charge on any atom is 0.407 e. The van der Waals surface area contributed by atoms with Gasteiger partial charge in [0.05, 0.1) is 13.2 Å². The summed E-state index contributed by atoms with van der Waals surface area (Å²) in [6.45, 7) is 16.3. The number of thioether (sulfide) groups is 2. The van der Waals surface area contributed by atoms with E-state index in [2.05, 4.69) is 41.9 Å². The molecular formula is C49H77N5O15S2. The third kappa shape index (κ3) is 30.8. The van der Waals surface area contributed by atoms with Crippen LogP contribution in [0.25, 0.3) is 0 Å². The lowest BCUT2D eigenvalue weighted by Gasteiger charge is -2.29. The molecule has 0 aromatic carbocycles. The lowest BCUT2D eigenvalue weighted by atomic mass is 10.1. The molecule has 1 aromatic heterocycles. The summed E-state index contributed by atoms with van der Waals surface area (Å²) in [4.78, 5) is 111. The van der Waals surface area contributed by atoms with Gasteiger partial charge in [0.15, 0.2) is 0 Å². The SMILES string of the molecule is C=CC(=O)OCC(C)(COC(=O)C=C)NC(=O)OCCCCCCCCCSCCCn1c(=O)[nH]c(=O)n(CCCSCCCCCCCCCOC(=O)NC(C)(COC(=O)C=C)COC(=O)C=C)c1=O. The molecule has 0 fully saturated rings. The van der Waals surface area contributed by atoms with Gasteiger partial charge in [0, 0.05) is 37.4 Å². The first-order valence-electron chi connectivity index (χ1n) is 24.2. The standard InChI is InChI=1S/C49H77N5O15S2/c1-7-39(55)66-35-48(5,36-67-40(56)8-2)51-45(61)64-29-21-17-13-11-15-19-23-31-70-33-25-27-53-43(59)50-44(60)54(47(53)63)28-26-34-71-32-24-20-16-12-14-18-22-30-65-46(62)52-49(6,37-68-41(57)9-3)38-69-42(58)10-4/h7-10H,1-4,11-38H2,5-6H3,(H,51,61)(H,52,62)(H,50,59,60). The second kappa shape index (κ2) is 38.2. The highest BCUT2D eigenvalue weighted by Crippen LogP contribution is 2.15. The van der Waals surface area contributed by atoms with Crippen LogP contribution in [-0.2, 0) is 60.7 Å². The lowest BCUT2D eigenvalue weighted by Crippen LogP contribution is -2.53. The van der Waals surface area contributed by atoms with Gasteiger partial charge in [0.25, 0.3) is 0 Å². The predicted molar refractivity (Wildman–Crippen MR) is 275 cm³/mol. The van der Waals surface area contributed by atoms with Crippen LogP contribution in [-0.4, -0.2) is 124 Å². The summed E-state index contributed by atoms with van der Waals surface area (Å²) in [7, 11) is 0. The number of unbranched alkanes of at least 4 members (excludes halogenated alkanes) is 12. The molecule has 22 heteroatoms. The lowest BCUT2D eigenvalue weighted by molar-refractivity contribution is -0.146. The number of esters is 4. The molecule has 20 nitrogen and oxygen atoms in total. The van der Waals surface area contributed by atoms with E-state index in [0.717, 1.165) is 133 Å². The quantitative estimate of drug-likeness (QED) is 0.0281. The van der Waals surface area contributed by atoms with Crippen molar-refractivity contribution in [3.63, 3.8) is 0 Å². The highest BCUT2D eigenvalue weighted by atomic mass is 32.2. The average Bonchev–Trinajstić information content (AvgIpc) is 3.35. The fourth-order valence-electron chi connectivity index (χ4n) is 6.45. The zero-order chi connectivity index (χ0) is 52.8. The summed E-state index contributed by atoms with van der Waals surface area (Å²) in [5.41, 5.74) is -4.38. The van der Waals surface area contributed by atoms with Crippen LogP contribution in [0.1, 0.15) is 117 Å². The fourth-order valence-corrected chi connectivity index (χ4v) is 8.34. The molecule has 0 unspecified atom stereocenters. The van der Waals surface area contributed by atoms with Crippen LogP contribution < -0.4 is 27.7 Å². The number of alkyl carbamates (subject to hydrolysis) is 2. The largest absolute Gasteiger partial charge is 0.460 e. The van der Waals surface area contributed by atoms with E-state index >= 15 is 0 Å². The first kappa shape index (κ1) is 63.5. The van der Waals surface area contributed by atoms with E-state index < -0.39 is 64.2 Å². The zero-order valence-electron chi connectivity index (χ0n) is 41.8. The molecule has 0 spiro atoms. The van der Waals surface area contributed by atoms with Crippen LogP contribution in [0.2, 0.25) is 0 Å². The van der Waals surface area contributed by atoms with Crippen LogP contribution in [0, 0.1) is 0 Å². The fraction of sp³-hybridized carbons (Fsp3) is 0.653. The van der Waals surface area contributed by atoms with E-state index in [1.54, 1.807) is 37.4 Å². The van der Waals surface area contributed by atoms with Gasteiger partial charge in [-0.05, 0) is 75.4 Å². The van der Waals surface area contributed by atoms with Crippen molar-refractivity contribution >= 4 is 59.6 Å². The van der Waals surface area contributed by atoms with Gasteiger partial charge in [-0.15, -0.1) is 0 Å². The second-order valence-electron chi connectivity index (χ2n) is 17.1. The van der Waals surface area contributed by atoms with E-state index in [-0.39, 0.29) is 52.7 Å². The molecule has 0 aliphatic rings. The number of rotatable bonds is 42. The first-order valence-corrected chi connectivity index (χ1v) is 26.5. The molecule has 1 heterocycles. The molecule has 0 aliphatic heterocycles. The first-order chi connectivity index (χ1) is 34.0. The number of nitrogens with one attached hydrogen (secondary N) is 3. The van der Waals surface area contributed by atoms with Gasteiger partial charge >= 0.3 is 53.1 Å². The monoisotopic (exact) mass is 1040 g/mol. The van der Waals surface area contributed by atoms with E-state index in [1.165, 1.54) is 0 Å². The molecule has 400 valence electrons.